The third-order valence-corrected chi connectivity index (χ3v) is 7.14. The van der Waals surface area contributed by atoms with Gasteiger partial charge in [0.2, 0.25) is 21.8 Å². The molecule has 1 aliphatic rings. The molecule has 1 saturated heterocycles. The SMILES string of the molecule is CC(C)N(C)S(=O)(=O)c1ccc(NC(=O)C2CC(=O)N(c3ccccc3)C2)cc1. The van der Waals surface area contributed by atoms with Crippen LogP contribution in [0.15, 0.2) is 59.5 Å². The Hall–Kier alpha value is -2.71. The van der Waals surface area contributed by atoms with Gasteiger partial charge >= 0.3 is 0 Å². The number of benzene rings is 2. The molecule has 1 atom stereocenters. The van der Waals surface area contributed by atoms with E-state index in [2.05, 4.69) is 5.32 Å². The van der Waals surface area contributed by atoms with E-state index in [0.29, 0.717) is 12.2 Å². The van der Waals surface area contributed by atoms with Crippen molar-refractivity contribution in [1.82, 2.24) is 4.31 Å². The molecule has 8 heteroatoms. The average Bonchev–Trinajstić information content (AvgIpc) is 3.10. The summed E-state index contributed by atoms with van der Waals surface area (Å²) in [7, 11) is -2.04. The molecule has 1 heterocycles. The molecular weight excluding hydrogens is 390 g/mol. The van der Waals surface area contributed by atoms with Gasteiger partial charge < -0.3 is 10.2 Å². The van der Waals surface area contributed by atoms with Crippen LogP contribution in [-0.4, -0.2) is 44.2 Å². The highest BCUT2D eigenvalue weighted by molar-refractivity contribution is 7.89. The van der Waals surface area contributed by atoms with Gasteiger partial charge in [-0.15, -0.1) is 0 Å². The molecule has 7 nitrogen and oxygen atoms in total. The van der Waals surface area contributed by atoms with Gasteiger partial charge in [0.25, 0.3) is 0 Å². The highest BCUT2D eigenvalue weighted by Crippen LogP contribution is 2.26. The van der Waals surface area contributed by atoms with Crippen LogP contribution in [-0.2, 0) is 19.6 Å². The Bertz CT molecular complexity index is 988. The van der Waals surface area contributed by atoms with Crippen molar-refractivity contribution >= 4 is 33.2 Å². The molecule has 29 heavy (non-hydrogen) atoms. The summed E-state index contributed by atoms with van der Waals surface area (Å²) in [6, 6.07) is 15.2. The largest absolute Gasteiger partial charge is 0.326 e. The van der Waals surface area contributed by atoms with Crippen LogP contribution in [0, 0.1) is 5.92 Å². The van der Waals surface area contributed by atoms with Crippen LogP contribution in [0.2, 0.25) is 0 Å². The lowest BCUT2D eigenvalue weighted by molar-refractivity contribution is -0.122. The van der Waals surface area contributed by atoms with Gasteiger partial charge in [-0.2, -0.15) is 4.31 Å². The molecule has 1 N–H and O–H groups in total. The van der Waals surface area contributed by atoms with Gasteiger partial charge in [-0.25, -0.2) is 8.42 Å². The molecule has 1 unspecified atom stereocenters. The van der Waals surface area contributed by atoms with Gasteiger partial charge in [0.15, 0.2) is 0 Å². The summed E-state index contributed by atoms with van der Waals surface area (Å²) in [6.07, 6.45) is 0.145. The molecule has 154 valence electrons. The maximum atomic E-state index is 12.6. The van der Waals surface area contributed by atoms with Crippen LogP contribution >= 0.6 is 0 Å². The van der Waals surface area contributed by atoms with Gasteiger partial charge in [-0.05, 0) is 50.2 Å². The topological polar surface area (TPSA) is 86.8 Å². The molecule has 2 aromatic rings. The van der Waals surface area contributed by atoms with Gasteiger partial charge in [0.1, 0.15) is 0 Å². The fourth-order valence-electron chi connectivity index (χ4n) is 3.14. The molecule has 1 aliphatic heterocycles. The lowest BCUT2D eigenvalue weighted by Gasteiger charge is -2.21. The smallest absolute Gasteiger partial charge is 0.243 e. The highest BCUT2D eigenvalue weighted by atomic mass is 32.2. The summed E-state index contributed by atoms with van der Waals surface area (Å²) in [6.45, 7) is 3.92. The minimum absolute atomic E-state index is 0.0884. The molecule has 0 aromatic heterocycles. The molecule has 0 spiro atoms. The maximum absolute atomic E-state index is 12.6. The van der Waals surface area contributed by atoms with Crippen molar-refractivity contribution in [2.45, 2.75) is 31.2 Å². The van der Waals surface area contributed by atoms with E-state index in [1.807, 2.05) is 30.3 Å². The molecule has 2 amide bonds. The number of anilines is 2. The molecule has 3 rings (SSSR count). The van der Waals surface area contributed by atoms with E-state index in [4.69, 9.17) is 0 Å². The standard InChI is InChI=1S/C21H25N3O4S/c1-15(2)23(3)29(27,28)19-11-9-17(10-12-19)22-21(26)16-13-20(25)24(14-16)18-7-5-4-6-8-18/h4-12,15-16H,13-14H2,1-3H3,(H,22,26). The first-order chi connectivity index (χ1) is 13.7. The molecule has 1 fully saturated rings. The molecule has 0 aliphatic carbocycles. The molecule has 0 radical (unpaired) electrons. The normalized spacial score (nSPS) is 17.2. The second kappa shape index (κ2) is 8.34. The van der Waals surface area contributed by atoms with E-state index >= 15 is 0 Å². The Balaban J connectivity index is 1.67. The Morgan fingerprint density at radius 2 is 1.72 bits per heavy atom. The zero-order chi connectivity index (χ0) is 21.2. The van der Waals surface area contributed by atoms with E-state index in [1.165, 1.54) is 23.5 Å². The minimum Gasteiger partial charge on any atom is -0.326 e. The van der Waals surface area contributed by atoms with Crippen LogP contribution in [0.4, 0.5) is 11.4 Å². The summed E-state index contributed by atoms with van der Waals surface area (Å²) >= 11 is 0. The lowest BCUT2D eigenvalue weighted by Crippen LogP contribution is -2.33. The molecule has 0 saturated carbocycles. The van der Waals surface area contributed by atoms with Crippen LogP contribution in [0.25, 0.3) is 0 Å². The number of sulfonamides is 1. The Morgan fingerprint density at radius 1 is 1.10 bits per heavy atom. The number of amides is 2. The summed E-state index contributed by atoms with van der Waals surface area (Å²) in [5.74, 6) is -0.806. The van der Waals surface area contributed by atoms with E-state index in [9.17, 15) is 18.0 Å². The summed E-state index contributed by atoms with van der Waals surface area (Å²) in [4.78, 5) is 26.7. The van der Waals surface area contributed by atoms with Crippen LogP contribution in [0.5, 0.6) is 0 Å². The van der Waals surface area contributed by atoms with Crippen molar-refractivity contribution in [3.8, 4) is 0 Å². The highest BCUT2D eigenvalue weighted by Gasteiger charge is 2.35. The van der Waals surface area contributed by atoms with Gasteiger partial charge in [0.05, 0.1) is 10.8 Å². The quantitative estimate of drug-likeness (QED) is 0.786. The van der Waals surface area contributed by atoms with Crippen molar-refractivity contribution in [3.63, 3.8) is 0 Å². The number of hydrogen-bond donors (Lipinski definition) is 1. The number of nitrogens with one attached hydrogen (secondary N) is 1. The Morgan fingerprint density at radius 3 is 2.31 bits per heavy atom. The minimum atomic E-state index is -3.58. The van der Waals surface area contributed by atoms with Crippen LogP contribution in [0.3, 0.4) is 0 Å². The predicted molar refractivity (Wildman–Crippen MR) is 112 cm³/mol. The number of hydrogen-bond acceptors (Lipinski definition) is 4. The fourth-order valence-corrected chi connectivity index (χ4v) is 4.51. The van der Waals surface area contributed by atoms with Crippen molar-refractivity contribution in [2.75, 3.05) is 23.8 Å². The van der Waals surface area contributed by atoms with Crippen molar-refractivity contribution in [1.29, 1.82) is 0 Å². The molecule has 0 bridgehead atoms. The first-order valence-corrected chi connectivity index (χ1v) is 10.9. The van der Waals surface area contributed by atoms with Crippen molar-refractivity contribution in [2.24, 2.45) is 5.92 Å². The Kier molecular flexibility index (Phi) is 6.04. The predicted octanol–water partition coefficient (Wildman–Crippen LogP) is 2.71. The van der Waals surface area contributed by atoms with Crippen molar-refractivity contribution < 1.29 is 18.0 Å². The zero-order valence-electron chi connectivity index (χ0n) is 16.7. The first-order valence-electron chi connectivity index (χ1n) is 9.44. The second-order valence-corrected chi connectivity index (χ2v) is 9.37. The van der Waals surface area contributed by atoms with Crippen LogP contribution < -0.4 is 10.2 Å². The fraction of sp³-hybridized carbons (Fsp3) is 0.333. The molecule has 2 aromatic carbocycles. The maximum Gasteiger partial charge on any atom is 0.243 e. The summed E-state index contributed by atoms with van der Waals surface area (Å²) in [5, 5.41) is 2.78. The third kappa shape index (κ3) is 4.49. The summed E-state index contributed by atoms with van der Waals surface area (Å²) < 4.78 is 26.3. The van der Waals surface area contributed by atoms with Gasteiger partial charge in [-0.3, -0.25) is 9.59 Å². The number of nitrogens with zero attached hydrogens (tertiary/aromatic N) is 2. The van der Waals surface area contributed by atoms with Gasteiger partial charge in [-0.1, -0.05) is 18.2 Å². The number of carbonyl (C=O) groups is 2. The first kappa shape index (κ1) is 21.0. The lowest BCUT2D eigenvalue weighted by atomic mass is 10.1. The van der Waals surface area contributed by atoms with E-state index < -0.39 is 15.9 Å². The third-order valence-electron chi connectivity index (χ3n) is 5.09. The van der Waals surface area contributed by atoms with E-state index in [0.717, 1.165) is 5.69 Å². The van der Waals surface area contributed by atoms with E-state index in [1.54, 1.807) is 30.9 Å². The molecular formula is C21H25N3O4S. The van der Waals surface area contributed by atoms with Gasteiger partial charge in [0, 0.05) is 37.4 Å². The average molecular weight is 416 g/mol. The monoisotopic (exact) mass is 415 g/mol. The van der Waals surface area contributed by atoms with Crippen LogP contribution in [0.1, 0.15) is 20.3 Å². The van der Waals surface area contributed by atoms with E-state index in [-0.39, 0.29) is 29.2 Å². The summed E-state index contributed by atoms with van der Waals surface area (Å²) in [5.41, 5.74) is 1.27. The number of carbonyl (C=O) groups excluding carboxylic acids is 2. The second-order valence-electron chi connectivity index (χ2n) is 7.37. The number of para-hydroxylation sites is 1. The Labute approximate surface area is 171 Å². The number of rotatable bonds is 6. The van der Waals surface area contributed by atoms with Crippen molar-refractivity contribution in [3.05, 3.63) is 54.6 Å². The zero-order valence-corrected chi connectivity index (χ0v) is 17.5.